The second kappa shape index (κ2) is 4.51. The quantitative estimate of drug-likeness (QED) is 0.815. The van der Waals surface area contributed by atoms with Crippen molar-refractivity contribution < 1.29 is 0 Å². The van der Waals surface area contributed by atoms with Crippen LogP contribution in [0.4, 0.5) is 5.82 Å². The molecule has 6 nitrogen and oxygen atoms in total. The van der Waals surface area contributed by atoms with Crippen LogP contribution in [0.25, 0.3) is 5.65 Å². The van der Waals surface area contributed by atoms with Crippen molar-refractivity contribution >= 4 is 11.5 Å². The molecule has 2 aromatic heterocycles. The number of anilines is 1. The highest BCUT2D eigenvalue weighted by atomic mass is 15.6. The topological polar surface area (TPSA) is 59.2 Å². The van der Waals surface area contributed by atoms with Crippen molar-refractivity contribution in [2.24, 2.45) is 0 Å². The lowest BCUT2D eigenvalue weighted by atomic mass is 9.93. The molecule has 0 aliphatic heterocycles. The number of aromatic nitrogens is 5. The Labute approximate surface area is 106 Å². The zero-order valence-corrected chi connectivity index (χ0v) is 10.9. The maximum atomic E-state index is 4.60. The van der Waals surface area contributed by atoms with E-state index in [2.05, 4.69) is 39.4 Å². The van der Waals surface area contributed by atoms with Crippen LogP contribution in [0.5, 0.6) is 0 Å². The molecule has 1 aliphatic rings. The van der Waals surface area contributed by atoms with E-state index in [1.54, 1.807) is 4.63 Å². The predicted molar refractivity (Wildman–Crippen MR) is 68.8 cm³/mol. The first-order valence-electron chi connectivity index (χ1n) is 6.70. The van der Waals surface area contributed by atoms with Gasteiger partial charge in [-0.3, -0.25) is 0 Å². The zero-order valence-electron chi connectivity index (χ0n) is 10.9. The smallest absolute Gasteiger partial charge is 0.203 e. The fraction of sp³-hybridized carbons (Fsp3) is 0.667. The lowest BCUT2D eigenvalue weighted by Gasteiger charge is -2.26. The van der Waals surface area contributed by atoms with Crippen LogP contribution < -0.4 is 4.90 Å². The minimum Gasteiger partial charge on any atom is -0.355 e. The van der Waals surface area contributed by atoms with E-state index in [1.165, 1.54) is 24.0 Å². The van der Waals surface area contributed by atoms with E-state index in [4.69, 9.17) is 0 Å². The van der Waals surface area contributed by atoms with Gasteiger partial charge in [0, 0.05) is 24.2 Å². The van der Waals surface area contributed by atoms with Crippen LogP contribution in [0.3, 0.4) is 0 Å². The summed E-state index contributed by atoms with van der Waals surface area (Å²) >= 11 is 0. The molecule has 1 aliphatic carbocycles. The molecule has 3 rings (SSSR count). The molecule has 18 heavy (non-hydrogen) atoms. The Hall–Kier alpha value is -1.72. The van der Waals surface area contributed by atoms with Gasteiger partial charge in [-0.2, -0.15) is 0 Å². The SMILES string of the molecule is CCN(CC)c1nn2nnnc2c2c1CCCC2. The van der Waals surface area contributed by atoms with Gasteiger partial charge < -0.3 is 4.90 Å². The molecule has 0 radical (unpaired) electrons. The van der Waals surface area contributed by atoms with E-state index in [0.717, 1.165) is 37.4 Å². The molecule has 0 bridgehead atoms. The molecule has 0 N–H and O–H groups in total. The van der Waals surface area contributed by atoms with E-state index in [-0.39, 0.29) is 0 Å². The summed E-state index contributed by atoms with van der Waals surface area (Å²) in [7, 11) is 0. The number of rotatable bonds is 3. The van der Waals surface area contributed by atoms with Gasteiger partial charge in [-0.15, -0.1) is 14.8 Å². The van der Waals surface area contributed by atoms with Crippen LogP contribution in [-0.2, 0) is 12.8 Å². The molecular weight excluding hydrogens is 228 g/mol. The van der Waals surface area contributed by atoms with Gasteiger partial charge in [0.2, 0.25) is 5.65 Å². The van der Waals surface area contributed by atoms with Crippen LogP contribution in [0.1, 0.15) is 37.8 Å². The summed E-state index contributed by atoms with van der Waals surface area (Å²) in [4.78, 5) is 2.28. The van der Waals surface area contributed by atoms with Crippen molar-refractivity contribution in [2.45, 2.75) is 39.5 Å². The fourth-order valence-electron chi connectivity index (χ4n) is 2.76. The Bertz CT molecular complexity index is 557. The van der Waals surface area contributed by atoms with Crippen molar-refractivity contribution in [3.05, 3.63) is 11.1 Å². The third kappa shape index (κ3) is 1.63. The zero-order chi connectivity index (χ0) is 12.5. The van der Waals surface area contributed by atoms with Crippen LogP contribution in [0.15, 0.2) is 0 Å². The number of nitrogens with zero attached hydrogens (tertiary/aromatic N) is 6. The molecule has 0 spiro atoms. The monoisotopic (exact) mass is 246 g/mol. The average Bonchev–Trinajstić information content (AvgIpc) is 2.88. The molecule has 0 fully saturated rings. The van der Waals surface area contributed by atoms with Crippen LogP contribution in [0, 0.1) is 0 Å². The predicted octanol–water partition coefficient (Wildman–Crippen LogP) is 1.24. The van der Waals surface area contributed by atoms with Crippen molar-refractivity contribution in [3.8, 4) is 0 Å². The number of hydrogen-bond acceptors (Lipinski definition) is 5. The highest BCUT2D eigenvalue weighted by Gasteiger charge is 2.22. The second-order valence-corrected chi connectivity index (χ2v) is 4.65. The van der Waals surface area contributed by atoms with Gasteiger partial charge in [0.15, 0.2) is 5.82 Å². The van der Waals surface area contributed by atoms with E-state index in [0.29, 0.717) is 0 Å². The average molecular weight is 246 g/mol. The fourth-order valence-corrected chi connectivity index (χ4v) is 2.76. The van der Waals surface area contributed by atoms with E-state index >= 15 is 0 Å². The Balaban J connectivity index is 2.23. The summed E-state index contributed by atoms with van der Waals surface area (Å²) in [6, 6.07) is 0. The van der Waals surface area contributed by atoms with Gasteiger partial charge >= 0.3 is 0 Å². The summed E-state index contributed by atoms with van der Waals surface area (Å²) in [5.41, 5.74) is 3.48. The second-order valence-electron chi connectivity index (χ2n) is 4.65. The maximum Gasteiger partial charge on any atom is 0.203 e. The van der Waals surface area contributed by atoms with Crippen LogP contribution in [-0.4, -0.2) is 38.3 Å². The molecule has 2 aromatic rings. The first-order valence-corrected chi connectivity index (χ1v) is 6.70. The van der Waals surface area contributed by atoms with Crippen molar-refractivity contribution in [1.29, 1.82) is 0 Å². The summed E-state index contributed by atoms with van der Waals surface area (Å²) in [5, 5.41) is 16.4. The highest BCUT2D eigenvalue weighted by Crippen LogP contribution is 2.30. The van der Waals surface area contributed by atoms with Crippen molar-refractivity contribution in [1.82, 2.24) is 25.3 Å². The molecule has 2 heterocycles. The minimum absolute atomic E-state index is 0.834. The van der Waals surface area contributed by atoms with E-state index in [1.807, 2.05) is 0 Å². The van der Waals surface area contributed by atoms with Crippen molar-refractivity contribution in [3.63, 3.8) is 0 Å². The molecule has 0 saturated carbocycles. The van der Waals surface area contributed by atoms with Gasteiger partial charge in [-0.05, 0) is 50.0 Å². The number of aryl methyl sites for hydroxylation is 1. The lowest BCUT2D eigenvalue weighted by Crippen LogP contribution is -2.27. The van der Waals surface area contributed by atoms with Gasteiger partial charge in [0.05, 0.1) is 0 Å². The Morgan fingerprint density at radius 1 is 1.11 bits per heavy atom. The van der Waals surface area contributed by atoms with Crippen LogP contribution in [0.2, 0.25) is 0 Å². The van der Waals surface area contributed by atoms with Gasteiger partial charge in [0.1, 0.15) is 0 Å². The molecule has 96 valence electrons. The summed E-state index contributed by atoms with van der Waals surface area (Å²) in [6.07, 6.45) is 4.62. The summed E-state index contributed by atoms with van der Waals surface area (Å²) in [5.74, 6) is 1.06. The molecule has 0 aromatic carbocycles. The molecule has 6 heteroatoms. The molecule has 0 saturated heterocycles. The van der Waals surface area contributed by atoms with E-state index in [9.17, 15) is 0 Å². The first kappa shape index (κ1) is 11.4. The molecular formula is C12H18N6. The van der Waals surface area contributed by atoms with Gasteiger partial charge in [-0.1, -0.05) is 0 Å². The van der Waals surface area contributed by atoms with Crippen molar-refractivity contribution in [2.75, 3.05) is 18.0 Å². The van der Waals surface area contributed by atoms with E-state index < -0.39 is 0 Å². The normalized spacial score (nSPS) is 14.8. The number of tetrazole rings is 1. The van der Waals surface area contributed by atoms with Crippen LogP contribution >= 0.6 is 0 Å². The van der Waals surface area contributed by atoms with Gasteiger partial charge in [-0.25, -0.2) is 0 Å². The highest BCUT2D eigenvalue weighted by molar-refractivity contribution is 5.60. The summed E-state index contributed by atoms with van der Waals surface area (Å²) in [6.45, 7) is 6.24. The molecule has 0 amide bonds. The largest absolute Gasteiger partial charge is 0.355 e. The maximum absolute atomic E-state index is 4.60. The Kier molecular flexibility index (Phi) is 2.85. The minimum atomic E-state index is 0.834. The molecule has 0 unspecified atom stereocenters. The summed E-state index contributed by atoms with van der Waals surface area (Å²) < 4.78 is 1.58. The lowest BCUT2D eigenvalue weighted by molar-refractivity contribution is 0.651. The number of fused-ring (bicyclic) bond motifs is 3. The third-order valence-corrected chi connectivity index (χ3v) is 3.71. The standard InChI is InChI=1S/C12H18N6/c1-3-17(4-2)12-10-8-6-5-7-9(10)11-13-15-16-18(11)14-12/h3-8H2,1-2H3. The Morgan fingerprint density at radius 2 is 1.83 bits per heavy atom. The van der Waals surface area contributed by atoms with Gasteiger partial charge in [0.25, 0.3) is 0 Å². The Morgan fingerprint density at radius 3 is 2.56 bits per heavy atom. The third-order valence-electron chi connectivity index (χ3n) is 3.71. The number of hydrogen-bond donors (Lipinski definition) is 0. The molecule has 0 atom stereocenters. The first-order chi connectivity index (χ1) is 8.85.